The average molecular weight is 493 g/mol. The first kappa shape index (κ1) is 27.3. The summed E-state index contributed by atoms with van der Waals surface area (Å²) in [5.74, 6) is 0.621. The number of aromatic nitrogens is 3. The molecule has 2 aromatic heterocycles. The van der Waals surface area contributed by atoms with Gasteiger partial charge in [0.25, 0.3) is 0 Å². The lowest BCUT2D eigenvalue weighted by Crippen LogP contribution is -2.40. The molecule has 0 saturated carbocycles. The van der Waals surface area contributed by atoms with E-state index in [4.69, 9.17) is 9.47 Å². The van der Waals surface area contributed by atoms with Gasteiger partial charge in [0.2, 0.25) is 0 Å². The van der Waals surface area contributed by atoms with E-state index in [0.29, 0.717) is 12.0 Å². The number of ether oxygens (including phenoxy) is 2. The van der Waals surface area contributed by atoms with Gasteiger partial charge in [-0.05, 0) is 63.6 Å². The van der Waals surface area contributed by atoms with E-state index in [1.54, 1.807) is 4.68 Å². The first-order valence-corrected chi connectivity index (χ1v) is 13.7. The molecule has 0 spiro atoms. The molecule has 0 radical (unpaired) electrons. The summed E-state index contributed by atoms with van der Waals surface area (Å²) in [5.41, 5.74) is 2.55. The standard InChI is InChI=1S/C18H28N4OS.C8H16O2/c1-4-16-10-17(18(24-16)6-8-23)14-5-7-22(13(2)9-14)12-15-11-21(3)20-19-15;1-3-4-8(2)7-9-5-6-10-8/h10-11,13-14,23H,4-9,12H2,1-3H3;3-7H2,1-2H3/t13-,14?;/m0./s1. The molecule has 0 amide bonds. The summed E-state index contributed by atoms with van der Waals surface area (Å²) in [5, 5.41) is 17.6. The first-order valence-electron chi connectivity index (χ1n) is 12.9. The summed E-state index contributed by atoms with van der Waals surface area (Å²) >= 11 is 1.89. The molecule has 0 aliphatic carbocycles. The quantitative estimate of drug-likeness (QED) is 0.591. The molecule has 8 heteroatoms. The largest absolute Gasteiger partial charge is 0.396 e. The van der Waals surface area contributed by atoms with Crippen LogP contribution in [0.5, 0.6) is 0 Å². The Morgan fingerprint density at radius 2 is 2.12 bits per heavy atom. The van der Waals surface area contributed by atoms with Crippen LogP contribution in [-0.4, -0.2) is 69.6 Å². The minimum atomic E-state index is 0.00694. The van der Waals surface area contributed by atoms with E-state index < -0.39 is 0 Å². The Bertz CT molecular complexity index is 857. The highest BCUT2D eigenvalue weighted by Gasteiger charge is 2.29. The van der Waals surface area contributed by atoms with Crippen molar-refractivity contribution in [2.24, 2.45) is 7.05 Å². The molecule has 34 heavy (non-hydrogen) atoms. The molecule has 2 fully saturated rings. The third-order valence-electron chi connectivity index (χ3n) is 6.91. The maximum absolute atomic E-state index is 9.37. The van der Waals surface area contributed by atoms with E-state index in [1.807, 2.05) is 24.6 Å². The van der Waals surface area contributed by atoms with Crippen molar-refractivity contribution < 1.29 is 14.6 Å². The number of aryl methyl sites for hydroxylation is 2. The minimum absolute atomic E-state index is 0.00694. The lowest BCUT2D eigenvalue weighted by atomic mass is 9.85. The van der Waals surface area contributed by atoms with Gasteiger partial charge >= 0.3 is 0 Å². The molecule has 4 heterocycles. The van der Waals surface area contributed by atoms with Gasteiger partial charge in [-0.15, -0.1) is 16.4 Å². The van der Waals surface area contributed by atoms with Gasteiger partial charge in [0.15, 0.2) is 0 Å². The summed E-state index contributed by atoms with van der Waals surface area (Å²) in [6.07, 6.45) is 8.53. The number of nitrogens with zero attached hydrogens (tertiary/aromatic N) is 4. The normalized spacial score (nSPS) is 25.7. The molecule has 7 nitrogen and oxygen atoms in total. The average Bonchev–Trinajstić information content (AvgIpc) is 3.42. The third kappa shape index (κ3) is 7.59. The highest BCUT2D eigenvalue weighted by molar-refractivity contribution is 7.12. The number of aliphatic hydroxyl groups excluding tert-OH is 1. The second-order valence-electron chi connectivity index (χ2n) is 9.94. The van der Waals surface area contributed by atoms with Gasteiger partial charge < -0.3 is 14.6 Å². The van der Waals surface area contributed by atoms with Crippen LogP contribution in [0.4, 0.5) is 0 Å². The zero-order valence-electron chi connectivity index (χ0n) is 21.8. The Kier molecular flexibility index (Phi) is 10.5. The Balaban J connectivity index is 0.000000271. The van der Waals surface area contributed by atoms with Crippen molar-refractivity contribution in [1.29, 1.82) is 0 Å². The second-order valence-corrected chi connectivity index (χ2v) is 11.2. The van der Waals surface area contributed by atoms with E-state index in [1.165, 1.54) is 34.6 Å². The Morgan fingerprint density at radius 3 is 2.71 bits per heavy atom. The Hall–Kier alpha value is -1.32. The predicted molar refractivity (Wildman–Crippen MR) is 137 cm³/mol. The fourth-order valence-electron chi connectivity index (χ4n) is 5.08. The van der Waals surface area contributed by atoms with Gasteiger partial charge in [-0.2, -0.15) is 0 Å². The van der Waals surface area contributed by atoms with Crippen molar-refractivity contribution in [3.05, 3.63) is 33.3 Å². The second kappa shape index (κ2) is 13.1. The van der Waals surface area contributed by atoms with Crippen LogP contribution in [0.25, 0.3) is 0 Å². The summed E-state index contributed by atoms with van der Waals surface area (Å²) in [6.45, 7) is 13.3. The van der Waals surface area contributed by atoms with Crippen LogP contribution >= 0.6 is 11.3 Å². The summed E-state index contributed by atoms with van der Waals surface area (Å²) < 4.78 is 12.7. The smallest absolute Gasteiger partial charge is 0.0967 e. The maximum Gasteiger partial charge on any atom is 0.0967 e. The number of likely N-dealkylation sites (tertiary alicyclic amines) is 1. The van der Waals surface area contributed by atoms with E-state index >= 15 is 0 Å². The number of rotatable bonds is 8. The van der Waals surface area contributed by atoms with Crippen molar-refractivity contribution in [3.8, 4) is 0 Å². The fraction of sp³-hybridized carbons (Fsp3) is 0.769. The van der Waals surface area contributed by atoms with Crippen molar-refractivity contribution in [2.45, 2.75) is 90.3 Å². The Morgan fingerprint density at radius 1 is 1.29 bits per heavy atom. The van der Waals surface area contributed by atoms with Gasteiger partial charge in [-0.25, -0.2) is 0 Å². The van der Waals surface area contributed by atoms with Crippen LogP contribution in [0, 0.1) is 0 Å². The van der Waals surface area contributed by atoms with Crippen molar-refractivity contribution in [1.82, 2.24) is 19.9 Å². The lowest BCUT2D eigenvalue weighted by Gasteiger charge is -2.37. The highest BCUT2D eigenvalue weighted by atomic mass is 32.1. The SMILES string of the molecule is CCCC1(C)COCCO1.CCc1cc(C2CCN(Cc3cn(C)nn3)[C@@H](C)C2)c(CCO)s1. The lowest BCUT2D eigenvalue weighted by molar-refractivity contribution is -0.150. The zero-order valence-corrected chi connectivity index (χ0v) is 22.6. The molecule has 2 aliphatic heterocycles. The van der Waals surface area contributed by atoms with Crippen molar-refractivity contribution in [3.63, 3.8) is 0 Å². The van der Waals surface area contributed by atoms with Crippen LogP contribution in [0.3, 0.4) is 0 Å². The Labute approximate surface area is 209 Å². The van der Waals surface area contributed by atoms with E-state index in [9.17, 15) is 5.11 Å². The van der Waals surface area contributed by atoms with E-state index in [2.05, 4.69) is 49.0 Å². The first-order chi connectivity index (χ1) is 16.4. The van der Waals surface area contributed by atoms with Crippen LogP contribution in [0.2, 0.25) is 0 Å². The van der Waals surface area contributed by atoms with Gasteiger partial charge in [0, 0.05) is 48.6 Å². The molecule has 0 aromatic carbocycles. The molecule has 1 N–H and O–H groups in total. The summed E-state index contributed by atoms with van der Waals surface area (Å²) in [6, 6.07) is 2.93. The zero-order chi connectivity index (χ0) is 24.6. The molecule has 2 aliphatic rings. The summed E-state index contributed by atoms with van der Waals surface area (Å²) in [4.78, 5) is 5.36. The molecule has 4 rings (SSSR count). The monoisotopic (exact) mass is 492 g/mol. The summed E-state index contributed by atoms with van der Waals surface area (Å²) in [7, 11) is 1.91. The van der Waals surface area contributed by atoms with Gasteiger partial charge in [0.1, 0.15) is 0 Å². The fourth-order valence-corrected chi connectivity index (χ4v) is 6.26. The number of thiophene rings is 1. The van der Waals surface area contributed by atoms with Gasteiger partial charge in [-0.3, -0.25) is 9.58 Å². The third-order valence-corrected chi connectivity index (χ3v) is 8.27. The van der Waals surface area contributed by atoms with E-state index in [0.717, 1.165) is 57.9 Å². The number of hydrogen-bond acceptors (Lipinski definition) is 7. The van der Waals surface area contributed by atoms with Crippen molar-refractivity contribution in [2.75, 3.05) is 33.0 Å². The predicted octanol–water partition coefficient (Wildman–Crippen LogP) is 4.33. The maximum atomic E-state index is 9.37. The van der Waals surface area contributed by atoms with Crippen LogP contribution in [0.1, 0.15) is 80.3 Å². The minimum Gasteiger partial charge on any atom is -0.396 e. The van der Waals surface area contributed by atoms with Crippen LogP contribution < -0.4 is 0 Å². The molecular formula is C26H44N4O3S. The molecule has 2 unspecified atom stereocenters. The molecule has 192 valence electrons. The molecule has 3 atom stereocenters. The molecule has 2 saturated heterocycles. The van der Waals surface area contributed by atoms with E-state index in [-0.39, 0.29) is 12.2 Å². The number of piperidine rings is 1. The van der Waals surface area contributed by atoms with Crippen LogP contribution in [-0.2, 0) is 35.9 Å². The topological polar surface area (TPSA) is 72.6 Å². The molecule has 0 bridgehead atoms. The van der Waals surface area contributed by atoms with Crippen LogP contribution in [0.15, 0.2) is 12.3 Å². The van der Waals surface area contributed by atoms with Crippen molar-refractivity contribution >= 4 is 11.3 Å². The number of aliphatic hydroxyl groups is 1. The number of hydrogen-bond donors (Lipinski definition) is 1. The van der Waals surface area contributed by atoms with Gasteiger partial charge in [-0.1, -0.05) is 25.5 Å². The highest BCUT2D eigenvalue weighted by Crippen LogP contribution is 2.38. The molecule has 2 aromatic rings. The van der Waals surface area contributed by atoms with Gasteiger partial charge in [0.05, 0.1) is 31.1 Å². The molecular weight excluding hydrogens is 448 g/mol.